The summed E-state index contributed by atoms with van der Waals surface area (Å²) in [5.74, 6) is 0.0730. The largest absolute Gasteiger partial charge is 0.493 e. The Hall–Kier alpha value is -4.34. The summed E-state index contributed by atoms with van der Waals surface area (Å²) in [5.41, 5.74) is -0.358. The lowest BCUT2D eigenvalue weighted by molar-refractivity contribution is -0.140. The highest BCUT2D eigenvalue weighted by molar-refractivity contribution is 6.30. The van der Waals surface area contributed by atoms with Gasteiger partial charge in [0.2, 0.25) is 0 Å². The second-order valence-electron chi connectivity index (χ2n) is 11.5. The van der Waals surface area contributed by atoms with Crippen LogP contribution in [0.25, 0.3) is 0 Å². The summed E-state index contributed by atoms with van der Waals surface area (Å²) in [6.45, 7) is 3.07. The fraction of sp³-hybridized carbons (Fsp3) is 0.286. The van der Waals surface area contributed by atoms with Crippen LogP contribution in [0.15, 0.2) is 85.1 Å². The summed E-state index contributed by atoms with van der Waals surface area (Å²) in [4.78, 5) is 23.0. The number of hydrogen-bond donors (Lipinski definition) is 2. The van der Waals surface area contributed by atoms with E-state index in [4.69, 9.17) is 27.9 Å². The van der Waals surface area contributed by atoms with E-state index in [-0.39, 0.29) is 36.9 Å². The molecule has 0 bridgehead atoms. The number of benzene rings is 3. The molecule has 248 valence electrons. The summed E-state index contributed by atoms with van der Waals surface area (Å²) in [6.07, 6.45) is -3.01. The average molecular weight is 696 g/mol. The number of aromatic nitrogens is 1. The number of nitrogens with zero attached hydrogens (tertiary/aromatic N) is 4. The first-order chi connectivity index (χ1) is 23.0. The fourth-order valence-electron chi connectivity index (χ4n) is 6.34. The molecule has 1 amide bonds. The smallest absolute Gasteiger partial charge is 0.416 e. The maximum atomic E-state index is 15.0. The van der Waals surface area contributed by atoms with Crippen molar-refractivity contribution in [1.29, 1.82) is 5.26 Å². The summed E-state index contributed by atoms with van der Waals surface area (Å²) in [7, 11) is 0. The Morgan fingerprint density at radius 2 is 1.54 bits per heavy atom. The summed E-state index contributed by atoms with van der Waals surface area (Å²) >= 11 is 12.5. The van der Waals surface area contributed by atoms with E-state index in [0.29, 0.717) is 34.5 Å². The molecule has 0 saturated carbocycles. The highest BCUT2D eigenvalue weighted by atomic mass is 35.5. The van der Waals surface area contributed by atoms with E-state index in [2.05, 4.69) is 21.7 Å². The number of alkyl halides is 3. The lowest BCUT2D eigenvalue weighted by atomic mass is 9.94. The summed E-state index contributed by atoms with van der Waals surface area (Å²) in [6, 6.07) is 22.1. The van der Waals surface area contributed by atoms with Crippen LogP contribution < -0.4 is 20.3 Å². The average Bonchev–Trinajstić information content (AvgIpc) is 3.50. The number of halogens is 5. The van der Waals surface area contributed by atoms with Gasteiger partial charge in [-0.25, -0.2) is 4.98 Å². The molecular weight excluding hydrogens is 664 g/mol. The van der Waals surface area contributed by atoms with Crippen LogP contribution in [0.2, 0.25) is 10.0 Å². The minimum absolute atomic E-state index is 0.0712. The molecule has 2 aliphatic rings. The van der Waals surface area contributed by atoms with Gasteiger partial charge < -0.3 is 14.5 Å². The van der Waals surface area contributed by atoms with Gasteiger partial charge in [0, 0.05) is 48.0 Å². The number of nitriles is 1. The lowest BCUT2D eigenvalue weighted by Crippen LogP contribution is -2.62. The van der Waals surface area contributed by atoms with Gasteiger partial charge in [-0.2, -0.15) is 18.4 Å². The lowest BCUT2D eigenvalue weighted by Gasteiger charge is -2.41. The third-order valence-electron chi connectivity index (χ3n) is 8.64. The van der Waals surface area contributed by atoms with E-state index in [9.17, 15) is 23.2 Å². The molecule has 0 radical (unpaired) electrons. The molecule has 0 aliphatic carbocycles. The number of anilines is 1. The molecule has 6 rings (SSSR count). The Morgan fingerprint density at radius 3 is 2.06 bits per heavy atom. The molecule has 8 nitrogen and oxygen atoms in total. The Kier molecular flexibility index (Phi) is 9.54. The van der Waals surface area contributed by atoms with Gasteiger partial charge in [0.05, 0.1) is 29.8 Å². The number of piperazine rings is 1. The number of pyridine rings is 1. The third kappa shape index (κ3) is 6.54. The van der Waals surface area contributed by atoms with E-state index >= 15 is 0 Å². The highest BCUT2D eigenvalue weighted by Crippen LogP contribution is 2.46. The third-order valence-corrected chi connectivity index (χ3v) is 9.15. The zero-order valence-corrected chi connectivity index (χ0v) is 27.3. The van der Waals surface area contributed by atoms with Crippen molar-refractivity contribution in [2.24, 2.45) is 0 Å². The molecule has 2 saturated heterocycles. The van der Waals surface area contributed by atoms with Crippen LogP contribution in [0.4, 0.5) is 19.0 Å². The van der Waals surface area contributed by atoms with Crippen molar-refractivity contribution in [2.75, 3.05) is 37.7 Å². The van der Waals surface area contributed by atoms with Gasteiger partial charge in [-0.15, -0.1) is 0 Å². The second-order valence-corrected chi connectivity index (χ2v) is 12.4. The maximum Gasteiger partial charge on any atom is 0.416 e. The predicted molar refractivity (Wildman–Crippen MR) is 177 cm³/mol. The maximum absolute atomic E-state index is 15.0. The second kappa shape index (κ2) is 13.6. The van der Waals surface area contributed by atoms with Crippen molar-refractivity contribution in [3.05, 3.63) is 123 Å². The van der Waals surface area contributed by atoms with Crippen molar-refractivity contribution in [3.63, 3.8) is 0 Å². The van der Waals surface area contributed by atoms with Crippen molar-refractivity contribution in [3.8, 4) is 11.8 Å². The summed E-state index contributed by atoms with van der Waals surface area (Å²) < 4.78 is 47.6. The molecule has 2 atom stereocenters. The Labute approximate surface area is 286 Å². The van der Waals surface area contributed by atoms with E-state index < -0.39 is 29.5 Å². The van der Waals surface area contributed by atoms with Crippen LogP contribution in [-0.2, 0) is 16.6 Å². The van der Waals surface area contributed by atoms with Gasteiger partial charge in [-0.1, -0.05) is 53.5 Å². The van der Waals surface area contributed by atoms with Crippen LogP contribution in [0.1, 0.15) is 46.8 Å². The summed E-state index contributed by atoms with van der Waals surface area (Å²) in [5, 5.41) is 17.7. The van der Waals surface area contributed by atoms with Crippen molar-refractivity contribution >= 4 is 34.9 Å². The SMILES string of the molecule is CCOc1cc(C(F)(F)F)ccc1C1(C(=O)N2CCN(c3ncccc3C#N)CC2)NC(c2ccc(Cl)cc2)C(c2ccc(Cl)cc2)N1. The van der Waals surface area contributed by atoms with Gasteiger partial charge in [-0.3, -0.25) is 15.4 Å². The fourth-order valence-corrected chi connectivity index (χ4v) is 6.59. The van der Waals surface area contributed by atoms with Gasteiger partial charge in [0.15, 0.2) is 5.66 Å². The number of carbonyl (C=O) groups is 1. The Bertz CT molecular complexity index is 1770. The van der Waals surface area contributed by atoms with E-state index in [0.717, 1.165) is 23.3 Å². The quantitative estimate of drug-likeness (QED) is 0.219. The van der Waals surface area contributed by atoms with Gasteiger partial charge >= 0.3 is 6.18 Å². The number of amides is 1. The van der Waals surface area contributed by atoms with E-state index in [1.54, 1.807) is 54.4 Å². The Morgan fingerprint density at radius 1 is 0.958 bits per heavy atom. The highest BCUT2D eigenvalue weighted by Gasteiger charge is 2.55. The van der Waals surface area contributed by atoms with Crippen LogP contribution in [0.3, 0.4) is 0 Å². The van der Waals surface area contributed by atoms with Crippen molar-refractivity contribution < 1.29 is 22.7 Å². The topological polar surface area (TPSA) is 93.5 Å². The minimum Gasteiger partial charge on any atom is -0.493 e. The molecular formula is C35H31Cl2F3N6O2. The molecule has 2 N–H and O–H groups in total. The zero-order chi connectivity index (χ0) is 34.1. The first-order valence-corrected chi connectivity index (χ1v) is 16.1. The van der Waals surface area contributed by atoms with Crippen LogP contribution in [0, 0.1) is 11.3 Å². The molecule has 48 heavy (non-hydrogen) atoms. The van der Waals surface area contributed by atoms with Crippen LogP contribution in [0.5, 0.6) is 5.75 Å². The molecule has 0 spiro atoms. The van der Waals surface area contributed by atoms with Crippen LogP contribution >= 0.6 is 23.2 Å². The molecule has 3 heterocycles. The van der Waals surface area contributed by atoms with Crippen molar-refractivity contribution in [2.45, 2.75) is 30.8 Å². The normalized spacial score (nSPS) is 21.2. The molecule has 1 aromatic heterocycles. The standard InChI is InChI=1S/C35H31Cl2F3N6O2/c1-2-48-29-20-25(35(38,39)40)9-14-28(29)34(33(47)46-18-16-45(17-19-46)32-24(21-41)4-3-15-42-32)43-30(22-5-10-26(36)11-6-22)31(44-34)23-7-12-27(37)13-8-23/h3-15,20,30-31,43-44H,2,16-19H2,1H3. The molecule has 2 aliphatic heterocycles. The minimum atomic E-state index is -4.63. The number of carbonyl (C=O) groups excluding carboxylic acids is 1. The zero-order valence-electron chi connectivity index (χ0n) is 25.8. The van der Waals surface area contributed by atoms with E-state index in [1.807, 2.05) is 29.2 Å². The molecule has 3 aromatic carbocycles. The first kappa shape index (κ1) is 33.6. The number of hydrogen-bond acceptors (Lipinski definition) is 7. The predicted octanol–water partition coefficient (Wildman–Crippen LogP) is 6.85. The number of nitrogens with one attached hydrogen (secondary N) is 2. The first-order valence-electron chi connectivity index (χ1n) is 15.3. The molecule has 2 fully saturated rings. The molecule has 2 unspecified atom stereocenters. The van der Waals surface area contributed by atoms with Gasteiger partial charge in [0.25, 0.3) is 5.91 Å². The van der Waals surface area contributed by atoms with Gasteiger partial charge in [0.1, 0.15) is 17.6 Å². The van der Waals surface area contributed by atoms with Crippen LogP contribution in [-0.4, -0.2) is 48.6 Å². The van der Waals surface area contributed by atoms with Gasteiger partial charge in [-0.05, 0) is 66.6 Å². The monoisotopic (exact) mass is 694 g/mol. The number of rotatable bonds is 7. The Balaban J connectivity index is 1.45. The van der Waals surface area contributed by atoms with Crippen molar-refractivity contribution in [1.82, 2.24) is 20.5 Å². The molecule has 13 heteroatoms. The number of ether oxygens (including phenoxy) is 1. The molecule has 4 aromatic rings. The van der Waals surface area contributed by atoms with E-state index in [1.165, 1.54) is 6.07 Å².